The number of carbonyl (C=O) groups is 3. The smallest absolute Gasteiger partial charge is 0.330 e. The summed E-state index contributed by atoms with van der Waals surface area (Å²) >= 11 is 1.64. The second-order valence-corrected chi connectivity index (χ2v) is 7.05. The largest absolute Gasteiger partial charge is 0.333 e. The van der Waals surface area contributed by atoms with Crippen LogP contribution in [0.5, 0.6) is 0 Å². The Labute approximate surface area is 145 Å². The van der Waals surface area contributed by atoms with Crippen molar-refractivity contribution in [2.45, 2.75) is 56.2 Å². The first-order valence-corrected chi connectivity index (χ1v) is 9.03. The molecule has 0 N–H and O–H groups in total. The van der Waals surface area contributed by atoms with Crippen molar-refractivity contribution in [1.29, 1.82) is 0 Å². The van der Waals surface area contributed by atoms with Crippen molar-refractivity contribution in [3.05, 3.63) is 24.4 Å². The number of aromatic nitrogens is 1. The van der Waals surface area contributed by atoms with E-state index in [4.69, 9.17) is 4.84 Å². The molecular formula is C17H22N2O4S. The number of pyridine rings is 1. The van der Waals surface area contributed by atoms with E-state index in [9.17, 15) is 14.4 Å². The molecule has 2 rings (SSSR count). The molecule has 0 spiro atoms. The van der Waals surface area contributed by atoms with E-state index in [1.165, 1.54) is 0 Å². The topological polar surface area (TPSA) is 76.6 Å². The van der Waals surface area contributed by atoms with Gasteiger partial charge in [0.25, 0.3) is 11.8 Å². The van der Waals surface area contributed by atoms with Crippen LogP contribution < -0.4 is 0 Å². The molecule has 0 aliphatic carbocycles. The first-order chi connectivity index (χ1) is 11.5. The minimum Gasteiger partial charge on any atom is -0.330 e. The van der Waals surface area contributed by atoms with Crippen molar-refractivity contribution < 1.29 is 19.2 Å². The maximum atomic E-state index is 12.0. The third-order valence-corrected chi connectivity index (χ3v) is 5.51. The van der Waals surface area contributed by atoms with Crippen LogP contribution in [0.1, 0.15) is 46.0 Å². The first-order valence-electron chi connectivity index (χ1n) is 8.15. The molecule has 2 amide bonds. The summed E-state index contributed by atoms with van der Waals surface area (Å²) in [6.45, 7) is 4.25. The zero-order chi connectivity index (χ0) is 17.5. The average molecular weight is 350 g/mol. The molecule has 2 unspecified atom stereocenters. The fraction of sp³-hybridized carbons (Fsp3) is 0.529. The maximum Gasteiger partial charge on any atom is 0.333 e. The summed E-state index contributed by atoms with van der Waals surface area (Å²) in [4.78, 5) is 44.1. The highest BCUT2D eigenvalue weighted by atomic mass is 32.2. The van der Waals surface area contributed by atoms with Gasteiger partial charge in [0.1, 0.15) is 0 Å². The van der Waals surface area contributed by atoms with Gasteiger partial charge in [-0.1, -0.05) is 26.3 Å². The molecule has 0 radical (unpaired) electrons. The van der Waals surface area contributed by atoms with Gasteiger partial charge in [-0.05, 0) is 24.5 Å². The zero-order valence-electron chi connectivity index (χ0n) is 13.9. The second-order valence-electron chi connectivity index (χ2n) is 5.79. The van der Waals surface area contributed by atoms with Crippen LogP contribution in [0.4, 0.5) is 0 Å². The Hall–Kier alpha value is -1.89. The standard InChI is InChI=1S/C17H22N2O4S/c1-3-12(2)13(24-14-6-4-5-11-18-14)7-10-17(22)23-19-15(20)8-9-16(19)21/h4-6,11-13H,3,7-10H2,1-2H3. The average Bonchev–Trinajstić information content (AvgIpc) is 2.90. The van der Waals surface area contributed by atoms with Gasteiger partial charge in [0, 0.05) is 30.7 Å². The molecule has 7 heteroatoms. The number of carbonyl (C=O) groups excluding carboxylic acids is 3. The molecule has 1 saturated heterocycles. The van der Waals surface area contributed by atoms with Crippen LogP contribution in [0, 0.1) is 5.92 Å². The molecule has 24 heavy (non-hydrogen) atoms. The predicted molar refractivity (Wildman–Crippen MR) is 89.8 cm³/mol. The number of amides is 2. The van der Waals surface area contributed by atoms with Gasteiger partial charge in [-0.25, -0.2) is 9.78 Å². The number of rotatable bonds is 8. The number of nitrogens with zero attached hydrogens (tertiary/aromatic N) is 2. The summed E-state index contributed by atoms with van der Waals surface area (Å²) in [6, 6.07) is 5.74. The summed E-state index contributed by atoms with van der Waals surface area (Å²) in [5.41, 5.74) is 0. The van der Waals surface area contributed by atoms with Gasteiger partial charge in [-0.15, -0.1) is 16.8 Å². The molecule has 2 heterocycles. The lowest BCUT2D eigenvalue weighted by Gasteiger charge is -2.22. The van der Waals surface area contributed by atoms with Crippen LogP contribution >= 0.6 is 11.8 Å². The monoisotopic (exact) mass is 350 g/mol. The molecule has 1 fully saturated rings. The first kappa shape index (κ1) is 18.4. The molecule has 1 aliphatic rings. The van der Waals surface area contributed by atoms with Crippen molar-refractivity contribution in [2.24, 2.45) is 5.92 Å². The Kier molecular flexibility index (Phi) is 6.78. The third-order valence-electron chi connectivity index (χ3n) is 4.02. The van der Waals surface area contributed by atoms with Gasteiger partial charge < -0.3 is 4.84 Å². The Morgan fingerprint density at radius 2 is 2.04 bits per heavy atom. The van der Waals surface area contributed by atoms with E-state index in [-0.39, 0.29) is 24.5 Å². The van der Waals surface area contributed by atoms with Crippen molar-refractivity contribution in [1.82, 2.24) is 10.0 Å². The molecule has 1 aliphatic heterocycles. The van der Waals surface area contributed by atoms with Crippen LogP contribution in [0.25, 0.3) is 0 Å². The number of hydroxylamine groups is 2. The van der Waals surface area contributed by atoms with Crippen molar-refractivity contribution >= 4 is 29.5 Å². The van der Waals surface area contributed by atoms with Gasteiger partial charge in [0.15, 0.2) is 0 Å². The van der Waals surface area contributed by atoms with Gasteiger partial charge in [-0.2, -0.15) is 0 Å². The number of imide groups is 1. The minimum absolute atomic E-state index is 0.108. The van der Waals surface area contributed by atoms with E-state index in [0.717, 1.165) is 11.4 Å². The van der Waals surface area contributed by atoms with Gasteiger partial charge in [-0.3, -0.25) is 9.59 Å². The van der Waals surface area contributed by atoms with E-state index in [1.54, 1.807) is 18.0 Å². The Morgan fingerprint density at radius 1 is 1.33 bits per heavy atom. The Bertz CT molecular complexity index is 578. The van der Waals surface area contributed by atoms with E-state index < -0.39 is 17.8 Å². The molecule has 0 aromatic carbocycles. The highest BCUT2D eigenvalue weighted by Gasteiger charge is 2.33. The fourth-order valence-electron chi connectivity index (χ4n) is 2.36. The van der Waals surface area contributed by atoms with Crippen molar-refractivity contribution in [2.75, 3.05) is 0 Å². The van der Waals surface area contributed by atoms with Gasteiger partial charge >= 0.3 is 5.97 Å². The third kappa shape index (κ3) is 5.06. The summed E-state index contributed by atoms with van der Waals surface area (Å²) < 4.78 is 0. The molecule has 1 aromatic heterocycles. The van der Waals surface area contributed by atoms with E-state index in [1.807, 2.05) is 18.2 Å². The summed E-state index contributed by atoms with van der Waals surface area (Å²) in [7, 11) is 0. The van der Waals surface area contributed by atoms with Crippen LogP contribution in [-0.2, 0) is 19.2 Å². The van der Waals surface area contributed by atoms with Crippen LogP contribution in [0.15, 0.2) is 29.4 Å². The van der Waals surface area contributed by atoms with E-state index in [2.05, 4.69) is 18.8 Å². The van der Waals surface area contributed by atoms with Gasteiger partial charge in [0.2, 0.25) is 0 Å². The van der Waals surface area contributed by atoms with Crippen molar-refractivity contribution in [3.8, 4) is 0 Å². The molecule has 130 valence electrons. The quantitative estimate of drug-likeness (QED) is 0.530. The Balaban J connectivity index is 1.88. The van der Waals surface area contributed by atoms with Crippen LogP contribution in [0.2, 0.25) is 0 Å². The predicted octanol–water partition coefficient (Wildman–Crippen LogP) is 2.98. The number of thioether (sulfide) groups is 1. The molecule has 2 atom stereocenters. The lowest BCUT2D eigenvalue weighted by molar-refractivity contribution is -0.197. The molecule has 0 saturated carbocycles. The van der Waals surface area contributed by atoms with Gasteiger partial charge in [0.05, 0.1) is 5.03 Å². The zero-order valence-corrected chi connectivity index (χ0v) is 14.8. The highest BCUT2D eigenvalue weighted by molar-refractivity contribution is 7.99. The number of hydrogen-bond donors (Lipinski definition) is 0. The van der Waals surface area contributed by atoms with E-state index in [0.29, 0.717) is 17.4 Å². The summed E-state index contributed by atoms with van der Waals surface area (Å²) in [5.74, 6) is -1.04. The molecule has 0 bridgehead atoms. The normalized spacial score (nSPS) is 17.0. The lowest BCUT2D eigenvalue weighted by Crippen LogP contribution is -2.32. The SMILES string of the molecule is CCC(C)C(CCC(=O)ON1C(=O)CCC1=O)Sc1ccccn1. The fourth-order valence-corrected chi connectivity index (χ4v) is 3.61. The summed E-state index contributed by atoms with van der Waals surface area (Å²) in [5, 5.41) is 1.73. The summed E-state index contributed by atoms with van der Waals surface area (Å²) in [6.07, 6.45) is 3.71. The highest BCUT2D eigenvalue weighted by Crippen LogP contribution is 2.31. The molecular weight excluding hydrogens is 328 g/mol. The molecule has 6 nitrogen and oxygen atoms in total. The second kappa shape index (κ2) is 8.82. The van der Waals surface area contributed by atoms with E-state index >= 15 is 0 Å². The lowest BCUT2D eigenvalue weighted by atomic mass is 10.0. The maximum absolute atomic E-state index is 12.0. The molecule has 1 aromatic rings. The number of hydrogen-bond acceptors (Lipinski definition) is 6. The minimum atomic E-state index is -0.548. The van der Waals surface area contributed by atoms with Crippen LogP contribution in [0.3, 0.4) is 0 Å². The Morgan fingerprint density at radius 3 is 2.62 bits per heavy atom. The van der Waals surface area contributed by atoms with Crippen LogP contribution in [-0.4, -0.2) is 33.1 Å². The van der Waals surface area contributed by atoms with Crippen molar-refractivity contribution in [3.63, 3.8) is 0 Å².